The Kier molecular flexibility index (Phi) is 2.92. The first-order chi connectivity index (χ1) is 8.11. The van der Waals surface area contributed by atoms with Crippen molar-refractivity contribution in [2.45, 2.75) is 6.42 Å². The largest absolute Gasteiger partial charge is 0.395 e. The molecule has 0 unspecified atom stereocenters. The molecule has 90 valence electrons. The molecule has 1 aliphatic heterocycles. The second kappa shape index (κ2) is 4.38. The van der Waals surface area contributed by atoms with Crippen LogP contribution in [-0.2, 0) is 11.2 Å². The Labute approximate surface area is 96.6 Å². The number of aliphatic hydroxyl groups is 1. The van der Waals surface area contributed by atoms with Crippen LogP contribution in [0, 0.1) is 10.1 Å². The number of amides is 1. The summed E-state index contributed by atoms with van der Waals surface area (Å²) in [6.07, 6.45) is 0.163. The first kappa shape index (κ1) is 11.3. The number of fused-ring (bicyclic) bond motifs is 1. The molecule has 0 fully saturated rings. The summed E-state index contributed by atoms with van der Waals surface area (Å²) in [5.41, 5.74) is 1.41. The maximum absolute atomic E-state index is 11.2. The Morgan fingerprint density at radius 2 is 2.29 bits per heavy atom. The highest BCUT2D eigenvalue weighted by Gasteiger charge is 2.24. The molecule has 0 aliphatic carbocycles. The van der Waals surface area contributed by atoms with Crippen LogP contribution < -0.4 is 10.6 Å². The SMILES string of the molecule is O=C1Cc2cc([N+](=O)[O-])c(NCCO)cc2N1. The summed E-state index contributed by atoms with van der Waals surface area (Å²) in [4.78, 5) is 21.5. The van der Waals surface area contributed by atoms with E-state index in [0.29, 0.717) is 16.9 Å². The number of aliphatic hydroxyl groups excluding tert-OH is 1. The van der Waals surface area contributed by atoms with E-state index in [2.05, 4.69) is 10.6 Å². The average molecular weight is 237 g/mol. The smallest absolute Gasteiger partial charge is 0.292 e. The number of hydrogen-bond acceptors (Lipinski definition) is 5. The second-order valence-corrected chi connectivity index (χ2v) is 3.66. The number of nitro groups is 1. The van der Waals surface area contributed by atoms with E-state index in [0.717, 1.165) is 0 Å². The van der Waals surface area contributed by atoms with Crippen molar-refractivity contribution in [3.05, 3.63) is 27.8 Å². The maximum Gasteiger partial charge on any atom is 0.292 e. The van der Waals surface area contributed by atoms with Crippen LogP contribution in [0.5, 0.6) is 0 Å². The minimum absolute atomic E-state index is 0.0892. The Hall–Kier alpha value is -2.15. The molecule has 0 radical (unpaired) electrons. The fourth-order valence-corrected chi connectivity index (χ4v) is 1.74. The fraction of sp³-hybridized carbons (Fsp3) is 0.300. The van der Waals surface area contributed by atoms with E-state index in [4.69, 9.17) is 5.11 Å². The Bertz CT molecular complexity index is 487. The summed E-state index contributed by atoms with van der Waals surface area (Å²) in [7, 11) is 0. The van der Waals surface area contributed by atoms with Crippen molar-refractivity contribution in [1.29, 1.82) is 0 Å². The van der Waals surface area contributed by atoms with E-state index in [-0.39, 0.29) is 31.2 Å². The van der Waals surface area contributed by atoms with Gasteiger partial charge in [-0.3, -0.25) is 14.9 Å². The number of nitrogens with one attached hydrogen (secondary N) is 2. The van der Waals surface area contributed by atoms with Crippen molar-refractivity contribution < 1.29 is 14.8 Å². The lowest BCUT2D eigenvalue weighted by Gasteiger charge is -2.07. The van der Waals surface area contributed by atoms with Gasteiger partial charge in [-0.25, -0.2) is 0 Å². The third kappa shape index (κ3) is 2.18. The molecular weight excluding hydrogens is 226 g/mol. The predicted molar refractivity (Wildman–Crippen MR) is 61.0 cm³/mol. The molecule has 3 N–H and O–H groups in total. The molecule has 1 heterocycles. The Morgan fingerprint density at radius 3 is 2.94 bits per heavy atom. The molecule has 0 spiro atoms. The number of hydrogen-bond donors (Lipinski definition) is 3. The first-order valence-corrected chi connectivity index (χ1v) is 5.07. The highest BCUT2D eigenvalue weighted by molar-refractivity contribution is 6.00. The lowest BCUT2D eigenvalue weighted by molar-refractivity contribution is -0.384. The van der Waals surface area contributed by atoms with Crippen molar-refractivity contribution in [2.24, 2.45) is 0 Å². The molecule has 0 aromatic heterocycles. The van der Waals surface area contributed by atoms with Crippen LogP contribution in [0.4, 0.5) is 17.1 Å². The summed E-state index contributed by atoms with van der Waals surface area (Å²) in [5, 5.41) is 24.9. The minimum atomic E-state index is -0.511. The van der Waals surface area contributed by atoms with Crippen molar-refractivity contribution in [3.63, 3.8) is 0 Å². The van der Waals surface area contributed by atoms with Crippen molar-refractivity contribution >= 4 is 23.0 Å². The molecule has 2 rings (SSSR count). The standard InChI is InChI=1S/C10H11N3O4/c14-2-1-11-8-5-7-6(4-10(15)12-7)3-9(8)13(16)17/h3,5,11,14H,1-2,4H2,(H,12,15). The minimum Gasteiger partial charge on any atom is -0.395 e. The average Bonchev–Trinajstić information content (AvgIpc) is 2.63. The zero-order valence-electron chi connectivity index (χ0n) is 8.90. The van der Waals surface area contributed by atoms with Crippen molar-refractivity contribution in [2.75, 3.05) is 23.8 Å². The second-order valence-electron chi connectivity index (χ2n) is 3.66. The van der Waals surface area contributed by atoms with Crippen molar-refractivity contribution in [3.8, 4) is 0 Å². The van der Waals surface area contributed by atoms with Crippen LogP contribution >= 0.6 is 0 Å². The van der Waals surface area contributed by atoms with Crippen LogP contribution in [-0.4, -0.2) is 29.1 Å². The maximum atomic E-state index is 11.2. The van der Waals surface area contributed by atoms with Crippen molar-refractivity contribution in [1.82, 2.24) is 0 Å². The number of carbonyl (C=O) groups is 1. The number of benzene rings is 1. The lowest BCUT2D eigenvalue weighted by Crippen LogP contribution is -2.08. The highest BCUT2D eigenvalue weighted by Crippen LogP contribution is 2.34. The molecule has 1 aliphatic rings. The number of carbonyl (C=O) groups excluding carboxylic acids is 1. The topological polar surface area (TPSA) is 104 Å². The predicted octanol–water partition coefficient (Wildman–Crippen LogP) is 0.494. The third-order valence-electron chi connectivity index (χ3n) is 2.47. The van der Waals surface area contributed by atoms with Gasteiger partial charge in [-0.2, -0.15) is 0 Å². The summed E-state index contributed by atoms with van der Waals surface area (Å²) < 4.78 is 0. The quantitative estimate of drug-likeness (QED) is 0.522. The van der Waals surface area contributed by atoms with Gasteiger partial charge in [0.1, 0.15) is 5.69 Å². The van der Waals surface area contributed by atoms with Gasteiger partial charge in [0.05, 0.1) is 18.0 Å². The zero-order chi connectivity index (χ0) is 12.4. The lowest BCUT2D eigenvalue weighted by atomic mass is 10.1. The zero-order valence-corrected chi connectivity index (χ0v) is 8.90. The van der Waals surface area contributed by atoms with Gasteiger partial charge in [0, 0.05) is 18.3 Å². The molecule has 1 aromatic rings. The van der Waals surface area contributed by atoms with E-state index in [1.54, 1.807) is 0 Å². The van der Waals surface area contributed by atoms with Gasteiger partial charge in [-0.1, -0.05) is 0 Å². The Morgan fingerprint density at radius 1 is 1.53 bits per heavy atom. The van der Waals surface area contributed by atoms with Gasteiger partial charge in [-0.05, 0) is 11.6 Å². The van der Waals surface area contributed by atoms with E-state index >= 15 is 0 Å². The van der Waals surface area contributed by atoms with Gasteiger partial charge >= 0.3 is 0 Å². The molecule has 0 saturated carbocycles. The van der Waals surface area contributed by atoms with Crippen LogP contribution in [0.15, 0.2) is 12.1 Å². The normalized spacial score (nSPS) is 13.1. The molecule has 7 nitrogen and oxygen atoms in total. The first-order valence-electron chi connectivity index (χ1n) is 5.07. The van der Waals surface area contributed by atoms with Crippen LogP contribution in [0.3, 0.4) is 0 Å². The molecular formula is C10H11N3O4. The molecule has 1 amide bonds. The summed E-state index contributed by atoms with van der Waals surface area (Å²) in [5.74, 6) is -0.173. The van der Waals surface area contributed by atoms with Crippen LogP contribution in [0.25, 0.3) is 0 Å². The third-order valence-corrected chi connectivity index (χ3v) is 2.47. The molecule has 0 atom stereocenters. The van der Waals surface area contributed by atoms with Gasteiger partial charge in [0.2, 0.25) is 5.91 Å². The highest BCUT2D eigenvalue weighted by atomic mass is 16.6. The van der Waals surface area contributed by atoms with E-state index in [1.807, 2.05) is 0 Å². The van der Waals surface area contributed by atoms with E-state index < -0.39 is 4.92 Å². The van der Waals surface area contributed by atoms with Gasteiger partial charge in [0.25, 0.3) is 5.69 Å². The van der Waals surface area contributed by atoms with Gasteiger partial charge < -0.3 is 15.7 Å². The summed E-state index contributed by atoms with van der Waals surface area (Å²) in [6, 6.07) is 2.90. The number of nitrogens with zero attached hydrogens (tertiary/aromatic N) is 1. The van der Waals surface area contributed by atoms with Gasteiger partial charge in [-0.15, -0.1) is 0 Å². The monoisotopic (exact) mass is 237 g/mol. The number of nitro benzene ring substituents is 1. The van der Waals surface area contributed by atoms with Crippen LogP contribution in [0.2, 0.25) is 0 Å². The summed E-state index contributed by atoms with van der Waals surface area (Å²) in [6.45, 7) is 0.0914. The Balaban J connectivity index is 2.40. The van der Waals surface area contributed by atoms with E-state index in [9.17, 15) is 14.9 Å². The molecule has 1 aromatic carbocycles. The summed E-state index contributed by atoms with van der Waals surface area (Å²) >= 11 is 0. The molecule has 7 heteroatoms. The van der Waals surface area contributed by atoms with Crippen LogP contribution in [0.1, 0.15) is 5.56 Å². The van der Waals surface area contributed by atoms with Gasteiger partial charge in [0.15, 0.2) is 0 Å². The molecule has 0 bridgehead atoms. The number of rotatable bonds is 4. The fourth-order valence-electron chi connectivity index (χ4n) is 1.74. The molecule has 0 saturated heterocycles. The van der Waals surface area contributed by atoms with E-state index in [1.165, 1.54) is 12.1 Å². The number of anilines is 2. The molecule has 17 heavy (non-hydrogen) atoms.